The Morgan fingerprint density at radius 3 is 2.51 bits per heavy atom. The van der Waals surface area contributed by atoms with Crippen molar-refractivity contribution in [2.24, 2.45) is 0 Å². The average Bonchev–Trinajstić information content (AvgIpc) is 3.57. The number of amides is 1. The Morgan fingerprint density at radius 1 is 0.966 bits per heavy atom. The third-order valence-electron chi connectivity index (χ3n) is 10.1. The van der Waals surface area contributed by atoms with E-state index in [9.17, 15) is 24.3 Å². The number of H-pyrrole nitrogens is 1. The van der Waals surface area contributed by atoms with E-state index in [-0.39, 0.29) is 24.7 Å². The van der Waals surface area contributed by atoms with Gasteiger partial charge < -0.3 is 34.7 Å². The van der Waals surface area contributed by atoms with Gasteiger partial charge in [-0.2, -0.15) is 4.57 Å². The van der Waals surface area contributed by atoms with Crippen molar-refractivity contribution in [3.8, 4) is 11.5 Å². The van der Waals surface area contributed by atoms with Crippen LogP contribution in [0.3, 0.4) is 0 Å². The molecule has 0 aliphatic carbocycles. The molecule has 6 aromatic rings. The molecule has 15 heteroatoms. The normalized spacial score (nSPS) is 12.2. The number of hydrogen-bond acceptors (Lipinski definition) is 8. The van der Waals surface area contributed by atoms with Gasteiger partial charge in [-0.3, -0.25) is 19.6 Å². The number of phosphoric ester groups is 1. The Kier molecular flexibility index (Phi) is 15.5. The van der Waals surface area contributed by atoms with E-state index in [1.54, 1.807) is 43.5 Å². The Morgan fingerprint density at radius 2 is 1.75 bits per heavy atom. The van der Waals surface area contributed by atoms with E-state index in [4.69, 9.17) is 25.6 Å². The number of aryl methyl sites for hydroxylation is 2. The number of nitrogens with zero attached hydrogens (tertiary/aromatic N) is 2. The van der Waals surface area contributed by atoms with E-state index in [1.807, 2.05) is 29.1 Å². The maximum Gasteiger partial charge on any atom is 0.524 e. The van der Waals surface area contributed by atoms with Crippen molar-refractivity contribution < 1.29 is 42.8 Å². The highest BCUT2D eigenvalue weighted by Gasteiger charge is 2.24. The molecule has 0 bridgehead atoms. The molecule has 1 amide bonds. The zero-order chi connectivity index (χ0) is 41.8. The maximum absolute atomic E-state index is 13.3. The Bertz CT molecular complexity index is 2390. The summed E-state index contributed by atoms with van der Waals surface area (Å²) in [5.41, 5.74) is 4.96. The fourth-order valence-corrected chi connectivity index (χ4v) is 7.77. The Balaban J connectivity index is 1.04. The van der Waals surface area contributed by atoms with E-state index in [1.165, 1.54) is 18.7 Å². The van der Waals surface area contributed by atoms with Gasteiger partial charge in [0.25, 0.3) is 5.91 Å². The lowest BCUT2D eigenvalue weighted by atomic mass is 10.1. The SMILES string of the molecule is COc1c(Cl)cc2c([nH]c3c[n+](Cc4ccc(C(O)CNCCCCCCOCCCCc5ccccc5)cc4OP(=O)(O)O)ccc32)c1NC(=O)c1cccnc1C. The number of ether oxygens (including phenoxy) is 2. The highest BCUT2D eigenvalue weighted by atomic mass is 35.5. The van der Waals surface area contributed by atoms with Crippen molar-refractivity contribution in [2.45, 2.75) is 64.5 Å². The zero-order valence-corrected chi connectivity index (χ0v) is 35.0. The maximum atomic E-state index is 13.3. The second-order valence-corrected chi connectivity index (χ2v) is 16.1. The number of aliphatic hydroxyl groups excluding tert-OH is 1. The lowest BCUT2D eigenvalue weighted by molar-refractivity contribution is -0.687. The van der Waals surface area contributed by atoms with Gasteiger partial charge in [-0.1, -0.05) is 60.8 Å². The van der Waals surface area contributed by atoms with Gasteiger partial charge in [0, 0.05) is 48.5 Å². The first kappa shape index (κ1) is 43.7. The summed E-state index contributed by atoms with van der Waals surface area (Å²) in [7, 11) is -3.45. The summed E-state index contributed by atoms with van der Waals surface area (Å²) in [6, 6.07) is 22.4. The molecular weight excluding hydrogens is 793 g/mol. The van der Waals surface area contributed by atoms with Gasteiger partial charge in [-0.25, -0.2) is 4.57 Å². The van der Waals surface area contributed by atoms with E-state index >= 15 is 0 Å². The summed E-state index contributed by atoms with van der Waals surface area (Å²) in [5, 5.41) is 19.1. The molecule has 6 rings (SSSR count). The number of methoxy groups -OCH3 is 1. The molecule has 1 unspecified atom stereocenters. The molecule has 0 spiro atoms. The van der Waals surface area contributed by atoms with Crippen LogP contribution < -0.4 is 24.5 Å². The zero-order valence-electron chi connectivity index (χ0n) is 33.3. The molecule has 1 atom stereocenters. The van der Waals surface area contributed by atoms with Crippen molar-refractivity contribution in [3.63, 3.8) is 0 Å². The minimum Gasteiger partial charge on any atom is -0.493 e. The molecule has 0 aliphatic heterocycles. The molecule has 0 radical (unpaired) electrons. The minimum atomic E-state index is -4.93. The molecule has 3 aromatic heterocycles. The van der Waals surface area contributed by atoms with Gasteiger partial charge in [-0.05, 0) is 87.0 Å². The summed E-state index contributed by atoms with van der Waals surface area (Å²) in [6.45, 7) is 4.49. The van der Waals surface area contributed by atoms with Gasteiger partial charge in [0.2, 0.25) is 0 Å². The molecule has 13 nitrogen and oxygen atoms in total. The predicted molar refractivity (Wildman–Crippen MR) is 229 cm³/mol. The van der Waals surface area contributed by atoms with Crippen molar-refractivity contribution in [1.29, 1.82) is 0 Å². The summed E-state index contributed by atoms with van der Waals surface area (Å²) in [4.78, 5) is 40.5. The number of carbonyl (C=O) groups excluding carboxylic acids is 1. The van der Waals surface area contributed by atoms with Crippen LogP contribution in [0.1, 0.15) is 77.4 Å². The number of aliphatic hydroxyl groups is 1. The number of aromatic nitrogens is 3. The summed E-state index contributed by atoms with van der Waals surface area (Å²) < 4.78 is 30.4. The minimum absolute atomic E-state index is 0.0373. The van der Waals surface area contributed by atoms with Crippen molar-refractivity contribution in [3.05, 3.63) is 124 Å². The number of benzene rings is 3. The van der Waals surface area contributed by atoms with E-state index in [0.29, 0.717) is 49.9 Å². The number of aromatic amines is 1. The third kappa shape index (κ3) is 12.1. The second kappa shape index (κ2) is 20.9. The standard InChI is InChI=1S/C44H51ClN5O8P/c1-30-34(16-12-21-47-30)44(52)49-42-41-36(26-37(45)43(42)56-2)35-19-22-50(29-38(35)48-41)28-33-18-17-32(25-40(33)58-59(53,54)55)39(51)27-46-20-9-3-4-10-23-57-24-11-8-15-31-13-6-5-7-14-31/h5-7,12-14,16-19,21-22,25-26,29,39,46,51H,3-4,8-11,15,20,23-24,27-28H2,1-2H3,(H3,49,52,53,54,55)/p+1. The molecule has 0 fully saturated rings. The smallest absolute Gasteiger partial charge is 0.493 e. The van der Waals surface area contributed by atoms with Gasteiger partial charge in [0.05, 0.1) is 34.9 Å². The first-order valence-corrected chi connectivity index (χ1v) is 21.7. The third-order valence-corrected chi connectivity index (χ3v) is 10.8. The van der Waals surface area contributed by atoms with Gasteiger partial charge in [-0.15, -0.1) is 0 Å². The average molecular weight is 845 g/mol. The highest BCUT2D eigenvalue weighted by molar-refractivity contribution is 7.46. The van der Waals surface area contributed by atoms with Crippen LogP contribution in [0, 0.1) is 6.92 Å². The summed E-state index contributed by atoms with van der Waals surface area (Å²) in [6.07, 6.45) is 11.7. The van der Waals surface area contributed by atoms with Crippen LogP contribution in [0.15, 0.2) is 91.4 Å². The second-order valence-electron chi connectivity index (χ2n) is 14.5. The molecule has 6 N–H and O–H groups in total. The van der Waals surface area contributed by atoms with Crippen LogP contribution in [0.4, 0.5) is 5.69 Å². The molecule has 3 heterocycles. The highest BCUT2D eigenvalue weighted by Crippen LogP contribution is 2.43. The van der Waals surface area contributed by atoms with E-state index < -0.39 is 13.9 Å². The van der Waals surface area contributed by atoms with Crippen LogP contribution in [0.25, 0.3) is 21.8 Å². The van der Waals surface area contributed by atoms with Crippen molar-refractivity contribution >= 4 is 52.8 Å². The first-order chi connectivity index (χ1) is 28.5. The number of unbranched alkanes of at least 4 members (excludes halogenated alkanes) is 4. The van der Waals surface area contributed by atoms with Crippen molar-refractivity contribution in [2.75, 3.05) is 38.7 Å². The topological polar surface area (TPSA) is 179 Å². The van der Waals surface area contributed by atoms with Gasteiger partial charge >= 0.3 is 7.82 Å². The van der Waals surface area contributed by atoms with Crippen molar-refractivity contribution in [1.82, 2.24) is 15.3 Å². The summed E-state index contributed by atoms with van der Waals surface area (Å²) in [5.74, 6) is -0.117. The Labute approximate surface area is 349 Å². The molecule has 0 saturated heterocycles. The number of nitrogens with one attached hydrogen (secondary N) is 3. The Hall–Kier alpha value is -4.85. The fourth-order valence-electron chi connectivity index (χ4n) is 7.07. The quantitative estimate of drug-likeness (QED) is 0.0223. The number of hydrogen-bond donors (Lipinski definition) is 6. The van der Waals surface area contributed by atoms with Crippen LogP contribution in [-0.2, 0) is 22.3 Å². The van der Waals surface area contributed by atoms with Gasteiger partial charge in [0.1, 0.15) is 17.0 Å². The molecule has 3 aromatic carbocycles. The summed E-state index contributed by atoms with van der Waals surface area (Å²) >= 11 is 6.65. The lowest BCUT2D eigenvalue weighted by Gasteiger charge is -2.16. The van der Waals surface area contributed by atoms with Gasteiger partial charge in [0.15, 0.2) is 24.7 Å². The molecule has 0 saturated carbocycles. The van der Waals surface area contributed by atoms with Crippen LogP contribution in [0.2, 0.25) is 5.02 Å². The van der Waals surface area contributed by atoms with Crippen LogP contribution in [0.5, 0.6) is 11.5 Å². The monoisotopic (exact) mass is 844 g/mol. The number of phosphoric acid groups is 1. The number of anilines is 1. The fraction of sp³-hybridized carbons (Fsp3) is 0.341. The van der Waals surface area contributed by atoms with E-state index in [0.717, 1.165) is 75.5 Å². The number of fused-ring (bicyclic) bond motifs is 3. The largest absolute Gasteiger partial charge is 0.524 e. The molecular formula is C44H52ClN5O8P+. The van der Waals surface area contributed by atoms with E-state index in [2.05, 4.69) is 44.9 Å². The predicted octanol–water partition coefficient (Wildman–Crippen LogP) is 7.97. The molecule has 59 heavy (non-hydrogen) atoms. The number of halogens is 1. The number of carbonyl (C=O) groups is 1. The first-order valence-electron chi connectivity index (χ1n) is 19.8. The number of pyridine rings is 2. The molecule has 312 valence electrons. The van der Waals surface area contributed by atoms with Crippen LogP contribution >= 0.6 is 19.4 Å². The lowest BCUT2D eigenvalue weighted by Crippen LogP contribution is -2.33. The molecule has 0 aliphatic rings. The van der Waals surface area contributed by atoms with Crippen LogP contribution in [-0.4, -0.2) is 64.2 Å². The number of rotatable bonds is 22.